The molecule has 102 valence electrons. The van der Waals surface area contributed by atoms with Crippen molar-refractivity contribution in [1.82, 2.24) is 4.98 Å². The van der Waals surface area contributed by atoms with Crippen molar-refractivity contribution in [2.24, 2.45) is 5.92 Å². The molecule has 2 N–H and O–H groups in total. The fourth-order valence-electron chi connectivity index (χ4n) is 1.95. The summed E-state index contributed by atoms with van der Waals surface area (Å²) >= 11 is 0. The lowest BCUT2D eigenvalue weighted by atomic mass is 10.0. The number of aliphatic carboxylic acids is 1. The highest BCUT2D eigenvalue weighted by Gasteiger charge is 2.21. The predicted molar refractivity (Wildman–Crippen MR) is 76.3 cm³/mol. The van der Waals surface area contributed by atoms with Gasteiger partial charge in [0.1, 0.15) is 6.07 Å². The molecule has 0 saturated heterocycles. The zero-order valence-corrected chi connectivity index (χ0v) is 11.3. The van der Waals surface area contributed by atoms with Crippen LogP contribution in [0.2, 0.25) is 0 Å². The van der Waals surface area contributed by atoms with Crippen LogP contribution in [0.3, 0.4) is 0 Å². The summed E-state index contributed by atoms with van der Waals surface area (Å²) in [6.07, 6.45) is 1.50. The molecule has 0 spiro atoms. The molecule has 2 aromatic rings. The highest BCUT2D eigenvalue weighted by atomic mass is 16.4. The van der Waals surface area contributed by atoms with Crippen molar-refractivity contribution >= 4 is 22.6 Å². The first kappa shape index (κ1) is 13.8. The minimum Gasteiger partial charge on any atom is -0.481 e. The van der Waals surface area contributed by atoms with Gasteiger partial charge in [0.05, 0.1) is 22.7 Å². The van der Waals surface area contributed by atoms with Gasteiger partial charge in [-0.1, -0.05) is 18.2 Å². The number of nitrogens with zero attached hydrogens (tertiary/aromatic N) is 2. The Morgan fingerprint density at radius 1 is 1.40 bits per heavy atom. The molecule has 0 aliphatic rings. The number of hydrogen-bond acceptors (Lipinski definition) is 4. The Morgan fingerprint density at radius 2 is 2.10 bits per heavy atom. The van der Waals surface area contributed by atoms with Gasteiger partial charge in [0.25, 0.3) is 0 Å². The predicted octanol–water partition coefficient (Wildman–Crippen LogP) is 2.63. The number of hydrogen-bond donors (Lipinski definition) is 2. The highest BCUT2D eigenvalue weighted by Crippen LogP contribution is 2.27. The van der Waals surface area contributed by atoms with E-state index < -0.39 is 11.9 Å². The quantitative estimate of drug-likeness (QED) is 0.891. The van der Waals surface area contributed by atoms with E-state index in [2.05, 4.69) is 16.4 Å². The molecule has 2 rings (SSSR count). The van der Waals surface area contributed by atoms with E-state index in [4.69, 9.17) is 5.11 Å². The number of benzene rings is 1. The van der Waals surface area contributed by atoms with Crippen LogP contribution in [0.1, 0.15) is 19.4 Å². The summed E-state index contributed by atoms with van der Waals surface area (Å²) in [4.78, 5) is 15.3. The summed E-state index contributed by atoms with van der Waals surface area (Å²) in [5.41, 5.74) is 1.82. The van der Waals surface area contributed by atoms with E-state index in [1.807, 2.05) is 24.3 Å². The zero-order chi connectivity index (χ0) is 14.7. The SMILES string of the molecule is CC(Nc1c(C#N)cnc2ccccc12)C(C)C(=O)O. The summed E-state index contributed by atoms with van der Waals surface area (Å²) in [5, 5.41) is 22.2. The maximum atomic E-state index is 11.0. The second-order valence-electron chi connectivity index (χ2n) is 4.74. The number of fused-ring (bicyclic) bond motifs is 1. The third kappa shape index (κ3) is 2.54. The third-order valence-corrected chi connectivity index (χ3v) is 3.41. The van der Waals surface area contributed by atoms with E-state index >= 15 is 0 Å². The number of pyridine rings is 1. The fourth-order valence-corrected chi connectivity index (χ4v) is 1.95. The average molecular weight is 269 g/mol. The molecule has 0 aliphatic heterocycles. The molecule has 20 heavy (non-hydrogen) atoms. The molecular formula is C15H15N3O2. The second-order valence-corrected chi connectivity index (χ2v) is 4.74. The maximum Gasteiger partial charge on any atom is 0.308 e. The summed E-state index contributed by atoms with van der Waals surface area (Å²) in [6, 6.07) is 9.24. The summed E-state index contributed by atoms with van der Waals surface area (Å²) in [5.74, 6) is -1.43. The van der Waals surface area contributed by atoms with Crippen molar-refractivity contribution in [2.75, 3.05) is 5.32 Å². The number of carboxylic acids is 1. The Kier molecular flexibility index (Phi) is 3.85. The topological polar surface area (TPSA) is 86.0 Å². The molecule has 1 heterocycles. The van der Waals surface area contributed by atoms with Crippen molar-refractivity contribution in [3.63, 3.8) is 0 Å². The molecule has 2 atom stereocenters. The van der Waals surface area contributed by atoms with Crippen LogP contribution in [-0.4, -0.2) is 22.1 Å². The Morgan fingerprint density at radius 3 is 2.75 bits per heavy atom. The van der Waals surface area contributed by atoms with Crippen LogP contribution in [0.25, 0.3) is 10.9 Å². The molecule has 0 fully saturated rings. The number of carboxylic acid groups (broad SMARTS) is 1. The van der Waals surface area contributed by atoms with E-state index in [-0.39, 0.29) is 6.04 Å². The van der Waals surface area contributed by atoms with E-state index in [9.17, 15) is 10.1 Å². The number of carbonyl (C=O) groups is 1. The molecule has 5 heteroatoms. The smallest absolute Gasteiger partial charge is 0.308 e. The van der Waals surface area contributed by atoms with E-state index in [1.54, 1.807) is 13.8 Å². The molecule has 0 aliphatic carbocycles. The lowest BCUT2D eigenvalue weighted by molar-refractivity contribution is -0.141. The average Bonchev–Trinajstić information content (AvgIpc) is 2.46. The zero-order valence-electron chi connectivity index (χ0n) is 11.3. The number of nitrogens with one attached hydrogen (secondary N) is 1. The first-order valence-electron chi connectivity index (χ1n) is 6.31. The van der Waals surface area contributed by atoms with Crippen LogP contribution in [-0.2, 0) is 4.79 Å². The van der Waals surface area contributed by atoms with Gasteiger partial charge < -0.3 is 10.4 Å². The molecular weight excluding hydrogens is 254 g/mol. The number of nitriles is 1. The Hall–Kier alpha value is -2.61. The van der Waals surface area contributed by atoms with Gasteiger partial charge in [-0.15, -0.1) is 0 Å². The van der Waals surface area contributed by atoms with Gasteiger partial charge >= 0.3 is 5.97 Å². The summed E-state index contributed by atoms with van der Waals surface area (Å²) in [7, 11) is 0. The maximum absolute atomic E-state index is 11.0. The van der Waals surface area contributed by atoms with Crippen LogP contribution in [0, 0.1) is 17.2 Å². The number of aromatic nitrogens is 1. The van der Waals surface area contributed by atoms with Gasteiger partial charge in [-0.2, -0.15) is 5.26 Å². The van der Waals surface area contributed by atoms with Crippen LogP contribution >= 0.6 is 0 Å². The Balaban J connectivity index is 2.47. The highest BCUT2D eigenvalue weighted by molar-refractivity contribution is 5.94. The second kappa shape index (κ2) is 5.57. The van der Waals surface area contributed by atoms with Crippen molar-refractivity contribution in [3.8, 4) is 6.07 Å². The van der Waals surface area contributed by atoms with Crippen LogP contribution in [0.4, 0.5) is 5.69 Å². The normalized spacial score (nSPS) is 13.4. The number of rotatable bonds is 4. The largest absolute Gasteiger partial charge is 0.481 e. The van der Waals surface area contributed by atoms with E-state index in [1.165, 1.54) is 6.20 Å². The molecule has 2 unspecified atom stereocenters. The first-order valence-corrected chi connectivity index (χ1v) is 6.31. The van der Waals surface area contributed by atoms with Gasteiger partial charge in [-0.05, 0) is 19.9 Å². The molecule has 1 aromatic carbocycles. The summed E-state index contributed by atoms with van der Waals surface area (Å²) < 4.78 is 0. The lowest BCUT2D eigenvalue weighted by Gasteiger charge is -2.20. The van der Waals surface area contributed by atoms with Gasteiger partial charge in [0.15, 0.2) is 0 Å². The van der Waals surface area contributed by atoms with Gasteiger partial charge in [-0.25, -0.2) is 0 Å². The molecule has 1 aromatic heterocycles. The standard InChI is InChI=1S/C15H15N3O2/c1-9(15(19)20)10(2)18-14-11(7-16)8-17-13-6-4-3-5-12(13)14/h3-6,8-10H,1-2H3,(H,17,18)(H,19,20). The van der Waals surface area contributed by atoms with E-state index in [0.717, 1.165) is 10.9 Å². The van der Waals surface area contributed by atoms with Gasteiger partial charge in [-0.3, -0.25) is 9.78 Å². The van der Waals surface area contributed by atoms with Crippen molar-refractivity contribution in [2.45, 2.75) is 19.9 Å². The number of anilines is 1. The van der Waals surface area contributed by atoms with Crippen molar-refractivity contribution in [1.29, 1.82) is 5.26 Å². The lowest BCUT2D eigenvalue weighted by Crippen LogP contribution is -2.30. The molecule has 0 saturated carbocycles. The molecule has 0 amide bonds. The minimum atomic E-state index is -0.873. The van der Waals surface area contributed by atoms with Gasteiger partial charge in [0, 0.05) is 17.6 Å². The van der Waals surface area contributed by atoms with Crippen LogP contribution < -0.4 is 5.32 Å². The van der Waals surface area contributed by atoms with Crippen molar-refractivity contribution in [3.05, 3.63) is 36.0 Å². The van der Waals surface area contributed by atoms with Crippen LogP contribution in [0.5, 0.6) is 0 Å². The minimum absolute atomic E-state index is 0.301. The van der Waals surface area contributed by atoms with Crippen LogP contribution in [0.15, 0.2) is 30.5 Å². The van der Waals surface area contributed by atoms with Gasteiger partial charge in [0.2, 0.25) is 0 Å². The Bertz CT molecular complexity index is 691. The van der Waals surface area contributed by atoms with E-state index in [0.29, 0.717) is 11.3 Å². The number of para-hydroxylation sites is 1. The molecule has 0 radical (unpaired) electrons. The molecule has 5 nitrogen and oxygen atoms in total. The fraction of sp³-hybridized carbons (Fsp3) is 0.267. The monoisotopic (exact) mass is 269 g/mol. The first-order chi connectivity index (χ1) is 9.54. The third-order valence-electron chi connectivity index (χ3n) is 3.41. The van der Waals surface area contributed by atoms with Crippen molar-refractivity contribution < 1.29 is 9.90 Å². The summed E-state index contributed by atoms with van der Waals surface area (Å²) in [6.45, 7) is 3.42. The molecule has 0 bridgehead atoms. The Labute approximate surface area is 116 Å².